The Labute approximate surface area is 291 Å². The second-order valence-electron chi connectivity index (χ2n) is 14.2. The largest absolute Gasteiger partial charge is 0.573 e. The summed E-state index contributed by atoms with van der Waals surface area (Å²) in [6.45, 7) is 14.4. The van der Waals surface area contributed by atoms with Crippen LogP contribution in [-0.2, 0) is 23.8 Å². The lowest BCUT2D eigenvalue weighted by atomic mass is 9.85. The van der Waals surface area contributed by atoms with Gasteiger partial charge in [0.2, 0.25) is 0 Å². The minimum absolute atomic E-state index is 0.0352. The van der Waals surface area contributed by atoms with Gasteiger partial charge in [-0.3, -0.25) is 9.56 Å². The number of nitrogens with two attached hydrogens (primary N) is 3. The summed E-state index contributed by atoms with van der Waals surface area (Å²) in [7, 11) is 0. The van der Waals surface area contributed by atoms with Crippen LogP contribution >= 0.6 is 0 Å². The zero-order valence-electron chi connectivity index (χ0n) is 29.7. The molecule has 274 valence electrons. The summed E-state index contributed by atoms with van der Waals surface area (Å²) in [4.78, 5) is 23.9. The van der Waals surface area contributed by atoms with E-state index < -0.39 is 12.5 Å². The van der Waals surface area contributed by atoms with Crippen molar-refractivity contribution in [3.8, 4) is 11.4 Å². The lowest BCUT2D eigenvalue weighted by molar-refractivity contribution is -0.274. The summed E-state index contributed by atoms with van der Waals surface area (Å²) in [5.74, 6) is -0.107. The fourth-order valence-corrected chi connectivity index (χ4v) is 4.88. The van der Waals surface area contributed by atoms with Crippen LogP contribution in [0.25, 0.3) is 16.7 Å². The molecule has 4 aromatic rings. The molecule has 50 heavy (non-hydrogen) atoms. The number of ether oxygens (including phenoxy) is 1. The average Bonchev–Trinajstić information content (AvgIpc) is 3.44. The molecule has 0 spiro atoms. The van der Waals surface area contributed by atoms with Crippen molar-refractivity contribution >= 4 is 17.0 Å². The molecular weight excluding hydrogens is 649 g/mol. The number of aryl methyl sites for hydroxylation is 1. The van der Waals surface area contributed by atoms with E-state index in [0.29, 0.717) is 30.6 Å². The van der Waals surface area contributed by atoms with Crippen LogP contribution in [0.4, 0.5) is 13.2 Å². The third-order valence-corrected chi connectivity index (χ3v) is 7.77. The van der Waals surface area contributed by atoms with Crippen molar-refractivity contribution < 1.29 is 23.0 Å². The summed E-state index contributed by atoms with van der Waals surface area (Å²) in [5, 5.41) is 13.7. The molecule has 2 aromatic heterocycles. The number of aromatic nitrogens is 3. The van der Waals surface area contributed by atoms with Crippen molar-refractivity contribution in [3.63, 3.8) is 0 Å². The van der Waals surface area contributed by atoms with E-state index in [0.717, 1.165) is 47.4 Å². The number of guanidine groups is 1. The SMILES string of the molecule is CC(C)(C)c1cc(CC[C@H](O)CN)cc(OC(F)(F)F)c1.CC(C)(C)c1cc2cn(-c3ccc(CNCCCN=C(N)N)cc3)c(=O)nc2[nH]1. The second-order valence-corrected chi connectivity index (χ2v) is 14.2. The number of halogens is 3. The number of aliphatic imine (C=N–C) groups is 1. The van der Waals surface area contributed by atoms with Gasteiger partial charge >= 0.3 is 12.1 Å². The highest BCUT2D eigenvalue weighted by Crippen LogP contribution is 2.31. The number of fused-ring (bicyclic) bond motifs is 1. The van der Waals surface area contributed by atoms with Crippen LogP contribution < -0.4 is 32.9 Å². The molecule has 0 bridgehead atoms. The first-order valence-electron chi connectivity index (χ1n) is 16.5. The van der Waals surface area contributed by atoms with Crippen LogP contribution in [0.3, 0.4) is 0 Å². The summed E-state index contributed by atoms with van der Waals surface area (Å²) < 4.78 is 42.8. The molecule has 4 rings (SSSR count). The van der Waals surface area contributed by atoms with Gasteiger partial charge in [-0.05, 0) is 78.2 Å². The zero-order chi connectivity index (χ0) is 37.3. The number of alkyl halides is 3. The van der Waals surface area contributed by atoms with Crippen LogP contribution in [0.5, 0.6) is 5.75 Å². The molecule has 0 unspecified atom stereocenters. The number of hydrogen-bond acceptors (Lipinski definition) is 7. The number of aliphatic hydroxyl groups is 1. The van der Waals surface area contributed by atoms with Crippen LogP contribution in [0, 0.1) is 0 Å². The smallest absolute Gasteiger partial charge is 0.406 e. The number of H-pyrrole nitrogens is 1. The fourth-order valence-electron chi connectivity index (χ4n) is 4.88. The maximum absolute atomic E-state index is 12.5. The van der Waals surface area contributed by atoms with Crippen molar-refractivity contribution in [1.29, 1.82) is 0 Å². The highest BCUT2D eigenvalue weighted by molar-refractivity contribution is 5.76. The average molecular weight is 701 g/mol. The van der Waals surface area contributed by atoms with Gasteiger partial charge in [0.05, 0.1) is 11.8 Å². The molecule has 2 heterocycles. The standard InChI is InChI=1S/C21H29N7O.C15H22F3NO2/c1-21(2,3)17-11-15-13-28(20(29)27-18(15)26-17)16-7-5-14(6-8-16)12-24-9-4-10-25-19(22)23;1-14(2,3)11-6-10(4-5-12(20)9-19)7-13(8-11)21-15(16,17)18/h5-8,11,13,24H,4,9-10,12H2,1-3H3,(H4,22,23,25)(H,26,27,29);6-8,12,20H,4-5,9,19H2,1-3H3/t;12-/m.0/s1. The Bertz CT molecular complexity index is 1770. The Kier molecular flexibility index (Phi) is 13.6. The molecule has 14 heteroatoms. The molecule has 0 saturated carbocycles. The third-order valence-electron chi connectivity index (χ3n) is 7.77. The van der Waals surface area contributed by atoms with Crippen molar-refractivity contribution in [2.75, 3.05) is 19.6 Å². The van der Waals surface area contributed by atoms with Gasteiger partial charge in [0.15, 0.2) is 5.96 Å². The molecule has 0 radical (unpaired) electrons. The topological polar surface area (TPSA) is 183 Å². The van der Waals surface area contributed by atoms with E-state index in [2.05, 4.69) is 51.9 Å². The Morgan fingerprint density at radius 1 is 1.02 bits per heavy atom. The van der Waals surface area contributed by atoms with Crippen LogP contribution in [0.15, 0.2) is 64.5 Å². The van der Waals surface area contributed by atoms with E-state index >= 15 is 0 Å². The van der Waals surface area contributed by atoms with E-state index in [-0.39, 0.29) is 34.8 Å². The first-order chi connectivity index (χ1) is 23.2. The van der Waals surface area contributed by atoms with Gasteiger partial charge in [0.1, 0.15) is 11.4 Å². The molecule has 0 saturated heterocycles. The highest BCUT2D eigenvalue weighted by atomic mass is 19.4. The quantitative estimate of drug-likeness (QED) is 0.0686. The summed E-state index contributed by atoms with van der Waals surface area (Å²) in [6.07, 6.45) is -1.83. The number of aliphatic hydroxyl groups excluding tert-OH is 1. The summed E-state index contributed by atoms with van der Waals surface area (Å²) in [5.41, 5.74) is 20.3. The van der Waals surface area contributed by atoms with Gasteiger partial charge in [-0.15, -0.1) is 13.2 Å². The van der Waals surface area contributed by atoms with Crippen molar-refractivity contribution in [3.05, 3.63) is 87.6 Å². The normalized spacial score (nSPS) is 12.7. The monoisotopic (exact) mass is 700 g/mol. The van der Waals surface area contributed by atoms with E-state index in [1.165, 1.54) is 12.1 Å². The third kappa shape index (κ3) is 12.8. The van der Waals surface area contributed by atoms with Crippen LogP contribution in [0.1, 0.15) is 76.8 Å². The number of nitrogens with zero attached hydrogens (tertiary/aromatic N) is 3. The fraction of sp³-hybridized carbons (Fsp3) is 0.472. The minimum Gasteiger partial charge on any atom is -0.406 e. The molecular formula is C36H51F3N8O3. The van der Waals surface area contributed by atoms with Gasteiger partial charge < -0.3 is 37.3 Å². The number of benzene rings is 2. The first kappa shape index (κ1) is 40.0. The molecule has 1 atom stereocenters. The van der Waals surface area contributed by atoms with E-state index in [4.69, 9.17) is 17.2 Å². The summed E-state index contributed by atoms with van der Waals surface area (Å²) in [6, 6.07) is 14.5. The predicted molar refractivity (Wildman–Crippen MR) is 193 cm³/mol. The maximum atomic E-state index is 12.5. The summed E-state index contributed by atoms with van der Waals surface area (Å²) >= 11 is 0. The predicted octanol–water partition coefficient (Wildman–Crippen LogP) is 4.90. The van der Waals surface area contributed by atoms with Crippen LogP contribution in [0.2, 0.25) is 0 Å². The van der Waals surface area contributed by atoms with Gasteiger partial charge in [-0.25, -0.2) is 4.79 Å². The van der Waals surface area contributed by atoms with E-state index in [1.807, 2.05) is 57.3 Å². The van der Waals surface area contributed by atoms with Gasteiger partial charge in [0.25, 0.3) is 0 Å². The minimum atomic E-state index is -4.72. The Balaban J connectivity index is 0.000000286. The van der Waals surface area contributed by atoms with Crippen molar-refractivity contribution in [1.82, 2.24) is 19.9 Å². The molecule has 11 nitrogen and oxygen atoms in total. The molecule has 0 aliphatic heterocycles. The van der Waals surface area contributed by atoms with Crippen LogP contribution in [-0.4, -0.2) is 57.7 Å². The number of hydrogen-bond donors (Lipinski definition) is 6. The lowest BCUT2D eigenvalue weighted by Gasteiger charge is -2.22. The Hall–Kier alpha value is -4.40. The molecule has 0 amide bonds. The van der Waals surface area contributed by atoms with Gasteiger partial charge in [0, 0.05) is 42.3 Å². The van der Waals surface area contributed by atoms with E-state index in [1.54, 1.807) is 4.57 Å². The van der Waals surface area contributed by atoms with Gasteiger partial charge in [-0.2, -0.15) is 4.98 Å². The Morgan fingerprint density at radius 3 is 2.28 bits per heavy atom. The molecule has 0 aliphatic carbocycles. The Morgan fingerprint density at radius 2 is 1.70 bits per heavy atom. The maximum Gasteiger partial charge on any atom is 0.573 e. The van der Waals surface area contributed by atoms with E-state index in [9.17, 15) is 23.1 Å². The molecule has 9 N–H and O–H groups in total. The lowest BCUT2D eigenvalue weighted by Crippen LogP contribution is -2.23. The molecule has 0 aliphatic rings. The number of aromatic amines is 1. The van der Waals surface area contributed by atoms with Gasteiger partial charge in [-0.1, -0.05) is 59.7 Å². The highest BCUT2D eigenvalue weighted by Gasteiger charge is 2.32. The molecule has 0 fully saturated rings. The number of rotatable bonds is 12. The van der Waals surface area contributed by atoms with Crippen molar-refractivity contribution in [2.45, 2.75) is 90.6 Å². The first-order valence-corrected chi connectivity index (χ1v) is 16.5. The van der Waals surface area contributed by atoms with Crippen molar-refractivity contribution in [2.24, 2.45) is 22.2 Å². The zero-order valence-corrected chi connectivity index (χ0v) is 29.7. The number of nitrogens with one attached hydrogen (secondary N) is 2. The molecule has 2 aromatic carbocycles. The second kappa shape index (κ2) is 17.0.